The van der Waals surface area contributed by atoms with E-state index in [-0.39, 0.29) is 5.91 Å². The number of aromatic nitrogens is 1. The summed E-state index contributed by atoms with van der Waals surface area (Å²) in [7, 11) is 1.72. The zero-order chi connectivity index (χ0) is 21.8. The molecule has 2 aliphatic rings. The minimum absolute atomic E-state index is 0.0813. The predicted octanol–water partition coefficient (Wildman–Crippen LogP) is 4.30. The van der Waals surface area contributed by atoms with Crippen molar-refractivity contribution in [2.24, 2.45) is 5.41 Å². The zero-order valence-electron chi connectivity index (χ0n) is 19.0. The van der Waals surface area contributed by atoms with Gasteiger partial charge in [-0.2, -0.15) is 0 Å². The van der Waals surface area contributed by atoms with Crippen LogP contribution in [-0.4, -0.2) is 42.2 Å². The number of hydrogen-bond acceptors (Lipinski definition) is 5. The molecular weight excluding hydrogens is 390 g/mol. The van der Waals surface area contributed by atoms with Crippen LogP contribution in [-0.2, 0) is 17.8 Å². The molecule has 2 fully saturated rings. The molecule has 168 valence electrons. The third-order valence-corrected chi connectivity index (χ3v) is 6.76. The first-order valence-corrected chi connectivity index (χ1v) is 11.6. The molecule has 0 radical (unpaired) electrons. The summed E-state index contributed by atoms with van der Waals surface area (Å²) in [4.78, 5) is 15.2. The maximum absolute atomic E-state index is 12.9. The smallest absolute Gasteiger partial charge is 0.227 e. The number of nitrogens with one attached hydrogen (secondary N) is 1. The average Bonchev–Trinajstić information content (AvgIpc) is 3.51. The highest BCUT2D eigenvalue weighted by atomic mass is 16.5. The molecule has 6 nitrogen and oxygen atoms in total. The van der Waals surface area contributed by atoms with Crippen molar-refractivity contribution in [3.8, 4) is 5.75 Å². The number of likely N-dealkylation sites (tertiary alicyclic amines) is 1. The Hall–Kier alpha value is -2.34. The fourth-order valence-corrected chi connectivity index (χ4v) is 4.92. The van der Waals surface area contributed by atoms with E-state index in [9.17, 15) is 4.79 Å². The van der Waals surface area contributed by atoms with Crippen LogP contribution in [0.3, 0.4) is 0 Å². The van der Waals surface area contributed by atoms with Crippen LogP contribution >= 0.6 is 0 Å². The molecule has 0 bridgehead atoms. The first-order chi connectivity index (χ1) is 15.0. The molecule has 1 N–H and O–H groups in total. The largest absolute Gasteiger partial charge is 0.490 e. The maximum atomic E-state index is 12.9. The Labute approximate surface area is 185 Å². The summed E-state index contributed by atoms with van der Waals surface area (Å²) in [6.07, 6.45) is 6.66. The summed E-state index contributed by atoms with van der Waals surface area (Å²) in [5.41, 5.74) is 1.71. The van der Waals surface area contributed by atoms with Crippen molar-refractivity contribution in [3.63, 3.8) is 0 Å². The van der Waals surface area contributed by atoms with Gasteiger partial charge in [0.25, 0.3) is 0 Å². The molecule has 2 heterocycles. The Bertz CT molecular complexity index is 870. The van der Waals surface area contributed by atoms with Gasteiger partial charge < -0.3 is 14.6 Å². The van der Waals surface area contributed by atoms with Gasteiger partial charge in [-0.3, -0.25) is 9.69 Å². The van der Waals surface area contributed by atoms with Crippen LogP contribution in [0.2, 0.25) is 0 Å². The standard InChI is InChI=1S/C25H35N3O3/c1-18(2)23-14-22(31-27-23)15-25(24(29)26-3)12-13-28(17-25)16-19-8-10-21(11-9-19)30-20-6-4-5-7-20/h8-11,14,18,20H,4-7,12-13,15-17H2,1-3H3,(H,26,29)/t25-/m0/s1. The van der Waals surface area contributed by atoms with E-state index < -0.39 is 5.41 Å². The van der Waals surface area contributed by atoms with Crippen molar-refractivity contribution in [2.45, 2.75) is 70.9 Å². The lowest BCUT2D eigenvalue weighted by molar-refractivity contribution is -0.130. The maximum Gasteiger partial charge on any atom is 0.227 e. The van der Waals surface area contributed by atoms with Crippen LogP contribution in [0.1, 0.15) is 68.9 Å². The molecule has 2 aromatic rings. The van der Waals surface area contributed by atoms with Crippen molar-refractivity contribution in [1.29, 1.82) is 0 Å². The van der Waals surface area contributed by atoms with Crippen LogP contribution in [0.5, 0.6) is 5.75 Å². The molecule has 1 aliphatic carbocycles. The van der Waals surface area contributed by atoms with Crippen molar-refractivity contribution in [2.75, 3.05) is 20.1 Å². The SMILES string of the molecule is CNC(=O)[C@]1(Cc2cc(C(C)C)no2)CCN(Cc2ccc(OC3CCCC3)cc2)C1. The molecule has 1 aromatic carbocycles. The summed E-state index contributed by atoms with van der Waals surface area (Å²) < 4.78 is 11.6. The molecule has 1 atom stereocenters. The lowest BCUT2D eigenvalue weighted by Crippen LogP contribution is -2.43. The van der Waals surface area contributed by atoms with Gasteiger partial charge in [-0.1, -0.05) is 31.1 Å². The quantitative estimate of drug-likeness (QED) is 0.683. The molecule has 0 spiro atoms. The molecule has 1 saturated heterocycles. The number of nitrogens with zero attached hydrogens (tertiary/aromatic N) is 2. The van der Waals surface area contributed by atoms with Gasteiger partial charge in [-0.05, 0) is 62.3 Å². The summed E-state index contributed by atoms with van der Waals surface area (Å²) in [6.45, 7) is 6.62. The van der Waals surface area contributed by atoms with Crippen molar-refractivity contribution < 1.29 is 14.1 Å². The highest BCUT2D eigenvalue weighted by Crippen LogP contribution is 2.36. The van der Waals surface area contributed by atoms with Crippen LogP contribution in [0.15, 0.2) is 34.9 Å². The average molecular weight is 426 g/mol. The zero-order valence-corrected chi connectivity index (χ0v) is 19.0. The second-order valence-corrected chi connectivity index (χ2v) is 9.54. The lowest BCUT2D eigenvalue weighted by Gasteiger charge is -2.26. The summed E-state index contributed by atoms with van der Waals surface area (Å²) in [6, 6.07) is 10.5. The Morgan fingerprint density at radius 2 is 2.03 bits per heavy atom. The van der Waals surface area contributed by atoms with E-state index in [2.05, 4.69) is 53.5 Å². The molecule has 6 heteroatoms. The van der Waals surface area contributed by atoms with E-state index in [0.717, 1.165) is 36.7 Å². The molecule has 1 saturated carbocycles. The van der Waals surface area contributed by atoms with Crippen LogP contribution < -0.4 is 10.1 Å². The van der Waals surface area contributed by atoms with Crippen LogP contribution in [0, 0.1) is 5.41 Å². The van der Waals surface area contributed by atoms with Gasteiger partial charge in [0.05, 0.1) is 17.2 Å². The van der Waals surface area contributed by atoms with Crippen LogP contribution in [0.4, 0.5) is 0 Å². The Morgan fingerprint density at radius 1 is 1.29 bits per heavy atom. The topological polar surface area (TPSA) is 67.6 Å². The second kappa shape index (κ2) is 9.43. The number of carbonyl (C=O) groups is 1. The van der Waals surface area contributed by atoms with E-state index in [1.807, 2.05) is 6.07 Å². The normalized spacial score (nSPS) is 22.3. The number of ether oxygens (including phenoxy) is 1. The first kappa shape index (κ1) is 21.9. The monoisotopic (exact) mass is 425 g/mol. The predicted molar refractivity (Wildman–Crippen MR) is 120 cm³/mol. The van der Waals surface area contributed by atoms with Gasteiger partial charge in [0.1, 0.15) is 11.5 Å². The van der Waals surface area contributed by atoms with E-state index in [1.54, 1.807) is 7.05 Å². The van der Waals surface area contributed by atoms with E-state index in [0.29, 0.717) is 25.0 Å². The molecule has 31 heavy (non-hydrogen) atoms. The fourth-order valence-electron chi connectivity index (χ4n) is 4.92. The van der Waals surface area contributed by atoms with E-state index in [1.165, 1.54) is 31.2 Å². The molecule has 1 aromatic heterocycles. The Balaban J connectivity index is 1.39. The first-order valence-electron chi connectivity index (χ1n) is 11.6. The number of carbonyl (C=O) groups excluding carboxylic acids is 1. The number of hydrogen-bond donors (Lipinski definition) is 1. The van der Waals surface area contributed by atoms with Crippen LogP contribution in [0.25, 0.3) is 0 Å². The number of benzene rings is 1. The molecule has 1 aliphatic heterocycles. The number of amides is 1. The summed E-state index contributed by atoms with van der Waals surface area (Å²) in [5.74, 6) is 2.15. The van der Waals surface area contributed by atoms with Gasteiger partial charge >= 0.3 is 0 Å². The number of rotatable bonds is 8. The van der Waals surface area contributed by atoms with Gasteiger partial charge in [-0.15, -0.1) is 0 Å². The third-order valence-electron chi connectivity index (χ3n) is 6.76. The van der Waals surface area contributed by atoms with Crippen molar-refractivity contribution in [1.82, 2.24) is 15.4 Å². The third kappa shape index (κ3) is 5.12. The van der Waals surface area contributed by atoms with Gasteiger partial charge in [0.2, 0.25) is 5.91 Å². The lowest BCUT2D eigenvalue weighted by atomic mass is 9.81. The minimum atomic E-state index is -0.478. The van der Waals surface area contributed by atoms with Gasteiger partial charge in [0, 0.05) is 32.6 Å². The molecule has 4 rings (SSSR count). The van der Waals surface area contributed by atoms with Crippen molar-refractivity contribution >= 4 is 5.91 Å². The van der Waals surface area contributed by atoms with Gasteiger partial charge in [-0.25, -0.2) is 0 Å². The van der Waals surface area contributed by atoms with Gasteiger partial charge in [0.15, 0.2) is 0 Å². The van der Waals surface area contributed by atoms with E-state index >= 15 is 0 Å². The van der Waals surface area contributed by atoms with Crippen molar-refractivity contribution in [3.05, 3.63) is 47.3 Å². The Morgan fingerprint density at radius 3 is 2.68 bits per heavy atom. The molecule has 0 unspecified atom stereocenters. The highest BCUT2D eigenvalue weighted by molar-refractivity contribution is 5.83. The highest BCUT2D eigenvalue weighted by Gasteiger charge is 2.45. The molecule has 1 amide bonds. The summed E-state index contributed by atoms with van der Waals surface area (Å²) in [5, 5.41) is 7.05. The summed E-state index contributed by atoms with van der Waals surface area (Å²) >= 11 is 0. The second-order valence-electron chi connectivity index (χ2n) is 9.54. The molecular formula is C25H35N3O3. The minimum Gasteiger partial charge on any atom is -0.490 e. The van der Waals surface area contributed by atoms with E-state index in [4.69, 9.17) is 9.26 Å². The Kier molecular flexibility index (Phi) is 6.65. The fraction of sp³-hybridized carbons (Fsp3) is 0.600.